The predicted octanol–water partition coefficient (Wildman–Crippen LogP) is 1.91. The number of pyridine rings is 1. The molecule has 0 radical (unpaired) electrons. The lowest BCUT2D eigenvalue weighted by molar-refractivity contribution is 0.101. The lowest BCUT2D eigenvalue weighted by Gasteiger charge is -2.34. The van der Waals surface area contributed by atoms with Gasteiger partial charge in [0, 0.05) is 49.9 Å². The van der Waals surface area contributed by atoms with Crippen molar-refractivity contribution in [2.45, 2.75) is 13.0 Å². The Labute approximate surface area is 185 Å². The van der Waals surface area contributed by atoms with Crippen molar-refractivity contribution >= 4 is 22.9 Å². The minimum absolute atomic E-state index is 0.0247. The molecule has 0 spiro atoms. The van der Waals surface area contributed by atoms with E-state index in [2.05, 4.69) is 32.3 Å². The van der Waals surface area contributed by atoms with Crippen molar-refractivity contribution in [3.05, 3.63) is 53.0 Å². The molecule has 32 heavy (non-hydrogen) atoms. The number of carbonyl (C=O) groups is 1. The number of aromatic amines is 1. The number of benzene rings is 1. The van der Waals surface area contributed by atoms with Gasteiger partial charge in [0.15, 0.2) is 11.4 Å². The van der Waals surface area contributed by atoms with Crippen molar-refractivity contribution in [2.24, 2.45) is 0 Å². The predicted molar refractivity (Wildman–Crippen MR) is 119 cm³/mol. The molecule has 1 fully saturated rings. The molecule has 2 aliphatic rings. The molecule has 1 saturated heterocycles. The van der Waals surface area contributed by atoms with Crippen molar-refractivity contribution in [3.8, 4) is 11.5 Å². The number of aliphatic hydroxyl groups is 1. The zero-order valence-corrected chi connectivity index (χ0v) is 17.8. The number of Topliss-reactive ketones (excluding diaryl/α,β-unsaturated/α-hetero) is 1. The molecule has 1 atom stereocenters. The summed E-state index contributed by atoms with van der Waals surface area (Å²) in [6.45, 7) is 5.73. The van der Waals surface area contributed by atoms with Crippen molar-refractivity contribution in [1.29, 1.82) is 0 Å². The normalized spacial score (nSPS) is 18.7. The third-order valence-electron chi connectivity index (χ3n) is 5.94. The van der Waals surface area contributed by atoms with E-state index in [0.29, 0.717) is 28.4 Å². The number of hydrogen-bond acceptors (Lipinski definition) is 8. The second-order valence-corrected chi connectivity index (χ2v) is 7.84. The van der Waals surface area contributed by atoms with Crippen LogP contribution in [0.15, 0.2) is 36.2 Å². The van der Waals surface area contributed by atoms with Gasteiger partial charge in [-0.1, -0.05) is 0 Å². The highest BCUT2D eigenvalue weighted by molar-refractivity contribution is 6.15. The fourth-order valence-electron chi connectivity index (χ4n) is 4.29. The first-order chi connectivity index (χ1) is 15.7. The largest absolute Gasteiger partial charge is 0.491 e. The molecule has 9 heteroatoms. The van der Waals surface area contributed by atoms with Gasteiger partial charge in [-0.3, -0.25) is 14.8 Å². The molecule has 166 valence electrons. The number of hydrogen-bond donors (Lipinski definition) is 3. The summed E-state index contributed by atoms with van der Waals surface area (Å²) in [7, 11) is 0. The van der Waals surface area contributed by atoms with Crippen LogP contribution in [-0.2, 0) is 0 Å². The van der Waals surface area contributed by atoms with Crippen LogP contribution in [0.25, 0.3) is 17.1 Å². The molecule has 2 aliphatic heterocycles. The van der Waals surface area contributed by atoms with Crippen LogP contribution in [0.5, 0.6) is 11.5 Å². The molecule has 1 unspecified atom stereocenters. The summed E-state index contributed by atoms with van der Waals surface area (Å²) >= 11 is 0. The van der Waals surface area contributed by atoms with E-state index in [1.807, 2.05) is 12.1 Å². The second-order valence-electron chi connectivity index (χ2n) is 7.84. The summed E-state index contributed by atoms with van der Waals surface area (Å²) in [5.41, 5.74) is 2.57. The molecule has 0 saturated carbocycles. The number of piperazine rings is 1. The van der Waals surface area contributed by atoms with Gasteiger partial charge in [-0.05, 0) is 31.2 Å². The number of aliphatic hydroxyl groups excluding tert-OH is 1. The minimum Gasteiger partial charge on any atom is -0.491 e. The average Bonchev–Trinajstić information content (AvgIpc) is 3.38. The molecule has 3 N–H and O–H groups in total. The number of nitrogens with zero attached hydrogens (tertiary/aromatic N) is 3. The van der Waals surface area contributed by atoms with Gasteiger partial charge in [0.25, 0.3) is 0 Å². The van der Waals surface area contributed by atoms with Crippen LogP contribution in [0.4, 0.5) is 0 Å². The second kappa shape index (κ2) is 8.70. The van der Waals surface area contributed by atoms with E-state index in [9.17, 15) is 9.90 Å². The van der Waals surface area contributed by atoms with Gasteiger partial charge in [0.2, 0.25) is 5.78 Å². The Bertz CT molecular complexity index is 1180. The molecule has 1 aromatic carbocycles. The monoisotopic (exact) mass is 435 g/mol. The van der Waals surface area contributed by atoms with E-state index >= 15 is 0 Å². The maximum Gasteiger partial charge on any atom is 0.232 e. The summed E-state index contributed by atoms with van der Waals surface area (Å²) in [4.78, 5) is 19.8. The summed E-state index contributed by atoms with van der Waals surface area (Å²) in [6, 6.07) is 7.21. The van der Waals surface area contributed by atoms with Crippen LogP contribution in [0, 0.1) is 0 Å². The van der Waals surface area contributed by atoms with Crippen molar-refractivity contribution in [2.75, 3.05) is 39.4 Å². The van der Waals surface area contributed by atoms with Crippen LogP contribution in [0.2, 0.25) is 0 Å². The van der Waals surface area contributed by atoms with Crippen LogP contribution in [-0.4, -0.2) is 70.4 Å². The van der Waals surface area contributed by atoms with Crippen LogP contribution in [0.1, 0.15) is 34.6 Å². The maximum absolute atomic E-state index is 13.2. The summed E-state index contributed by atoms with van der Waals surface area (Å²) in [5, 5.41) is 20.6. The molecule has 0 aliphatic carbocycles. The number of rotatable bonds is 6. The molecule has 2 aromatic heterocycles. The molecular formula is C23H25N5O4. The number of nitrogens with one attached hydrogen (secondary N) is 2. The van der Waals surface area contributed by atoms with Crippen molar-refractivity contribution in [1.82, 2.24) is 25.4 Å². The lowest BCUT2D eigenvalue weighted by atomic mass is 9.99. The molecule has 5 rings (SSSR count). The fraction of sp³-hybridized carbons (Fsp3) is 0.348. The van der Waals surface area contributed by atoms with E-state index < -0.39 is 0 Å². The van der Waals surface area contributed by atoms with Gasteiger partial charge in [0.05, 0.1) is 23.4 Å². The molecule has 0 amide bonds. The first-order valence-corrected chi connectivity index (χ1v) is 10.8. The number of allylic oxidation sites excluding steroid dienone is 1. The Morgan fingerprint density at radius 3 is 2.97 bits per heavy atom. The fourth-order valence-corrected chi connectivity index (χ4v) is 4.29. The van der Waals surface area contributed by atoms with Crippen LogP contribution in [0.3, 0.4) is 0 Å². The number of carbonyl (C=O) groups excluding carboxylic acids is 1. The highest BCUT2D eigenvalue weighted by Crippen LogP contribution is 2.44. The van der Waals surface area contributed by atoms with E-state index in [0.717, 1.165) is 37.1 Å². The highest BCUT2D eigenvalue weighted by atomic mass is 16.5. The zero-order chi connectivity index (χ0) is 22.1. The topological polar surface area (TPSA) is 113 Å². The Morgan fingerprint density at radius 1 is 1.31 bits per heavy atom. The van der Waals surface area contributed by atoms with Gasteiger partial charge >= 0.3 is 0 Å². The first-order valence-electron chi connectivity index (χ1n) is 10.8. The first kappa shape index (κ1) is 20.6. The zero-order valence-electron chi connectivity index (χ0n) is 17.8. The van der Waals surface area contributed by atoms with Gasteiger partial charge < -0.3 is 19.9 Å². The molecule has 4 heterocycles. The van der Waals surface area contributed by atoms with Crippen LogP contribution < -0.4 is 14.8 Å². The Balaban J connectivity index is 1.55. The lowest BCUT2D eigenvalue weighted by Crippen LogP contribution is -2.44. The quantitative estimate of drug-likeness (QED) is 0.504. The molecule has 3 aromatic rings. The third-order valence-corrected chi connectivity index (χ3v) is 5.94. The van der Waals surface area contributed by atoms with Crippen LogP contribution >= 0.6 is 0 Å². The Morgan fingerprint density at radius 2 is 2.16 bits per heavy atom. The Hall–Kier alpha value is -3.27. The van der Waals surface area contributed by atoms with Crippen molar-refractivity contribution in [3.63, 3.8) is 0 Å². The number of aromatic nitrogens is 3. The highest BCUT2D eigenvalue weighted by Gasteiger charge is 2.35. The van der Waals surface area contributed by atoms with Crippen molar-refractivity contribution < 1.29 is 19.4 Å². The van der Waals surface area contributed by atoms with E-state index in [4.69, 9.17) is 9.47 Å². The van der Waals surface area contributed by atoms with Gasteiger partial charge in [0.1, 0.15) is 18.1 Å². The van der Waals surface area contributed by atoms with E-state index in [1.165, 1.54) is 0 Å². The Kier molecular flexibility index (Phi) is 5.60. The SMILES string of the molecule is CC(c1c(OCCO)ccc2c1OC(=Cc1n[nH]c3ncccc13)C2=O)N1CCNCC1. The van der Waals surface area contributed by atoms with Gasteiger partial charge in [-0.2, -0.15) is 5.10 Å². The summed E-state index contributed by atoms with van der Waals surface area (Å²) in [6.07, 6.45) is 3.33. The van der Waals surface area contributed by atoms with Gasteiger partial charge in [-0.25, -0.2) is 4.98 Å². The number of ketones is 1. The maximum atomic E-state index is 13.2. The summed E-state index contributed by atoms with van der Waals surface area (Å²) in [5.74, 6) is 1.15. The number of ether oxygens (including phenoxy) is 2. The smallest absolute Gasteiger partial charge is 0.232 e. The minimum atomic E-state index is -0.192. The summed E-state index contributed by atoms with van der Waals surface area (Å²) < 4.78 is 12.0. The standard InChI is InChI=1S/C23H25N5O4/c1-14(28-9-7-24-8-10-28)20-18(31-12-11-29)5-4-16-21(30)19(32-22(16)20)13-17-15-3-2-6-25-23(15)27-26-17/h2-6,13-14,24,29H,7-12H2,1H3,(H,25,26,27). The molecule has 0 bridgehead atoms. The molecule has 9 nitrogen and oxygen atoms in total. The third kappa shape index (κ3) is 3.64. The van der Waals surface area contributed by atoms with Gasteiger partial charge in [-0.15, -0.1) is 0 Å². The number of H-pyrrole nitrogens is 1. The number of fused-ring (bicyclic) bond motifs is 2. The average molecular weight is 435 g/mol. The van der Waals surface area contributed by atoms with E-state index in [-0.39, 0.29) is 30.8 Å². The molecular weight excluding hydrogens is 410 g/mol. The van der Waals surface area contributed by atoms with E-state index in [1.54, 1.807) is 24.4 Å².